The van der Waals surface area contributed by atoms with E-state index in [2.05, 4.69) is 4.74 Å². The van der Waals surface area contributed by atoms with Crippen LogP contribution in [0.2, 0.25) is 0 Å². The van der Waals surface area contributed by atoms with Crippen LogP contribution in [-0.2, 0) is 4.74 Å². The van der Waals surface area contributed by atoms with Gasteiger partial charge >= 0.3 is 6.61 Å². The van der Waals surface area contributed by atoms with Crippen LogP contribution in [-0.4, -0.2) is 49.3 Å². The van der Waals surface area contributed by atoms with Gasteiger partial charge in [0.2, 0.25) is 0 Å². The number of amides is 1. The molecular weight excluding hydrogens is 282 g/mol. The fraction of sp³-hybridized carbons (Fsp3) is 0.500. The molecule has 1 aliphatic rings. The third kappa shape index (κ3) is 3.89. The van der Waals surface area contributed by atoms with Crippen LogP contribution >= 0.6 is 0 Å². The van der Waals surface area contributed by atoms with Gasteiger partial charge in [-0.15, -0.1) is 0 Å². The number of benzene rings is 1. The van der Waals surface area contributed by atoms with Gasteiger partial charge in [-0.05, 0) is 19.1 Å². The number of ether oxygens (including phenoxy) is 2. The molecule has 0 bridgehead atoms. The first-order valence-electron chi connectivity index (χ1n) is 6.70. The summed E-state index contributed by atoms with van der Waals surface area (Å²) in [6, 6.07) is 5.97. The number of hydrogen-bond donors (Lipinski definition) is 1. The number of carbonyl (C=O) groups excluding carboxylic acids is 1. The van der Waals surface area contributed by atoms with E-state index in [9.17, 15) is 13.6 Å². The Morgan fingerprint density at radius 1 is 1.48 bits per heavy atom. The summed E-state index contributed by atoms with van der Waals surface area (Å²) < 4.78 is 34.8. The molecule has 0 saturated carbocycles. The van der Waals surface area contributed by atoms with E-state index in [0.29, 0.717) is 19.6 Å². The molecule has 2 atom stereocenters. The third-order valence-electron chi connectivity index (χ3n) is 3.21. The highest BCUT2D eigenvalue weighted by molar-refractivity contribution is 5.97. The van der Waals surface area contributed by atoms with Crippen molar-refractivity contribution < 1.29 is 23.0 Å². The van der Waals surface area contributed by atoms with Crippen molar-refractivity contribution in [2.45, 2.75) is 25.7 Å². The van der Waals surface area contributed by atoms with E-state index in [4.69, 9.17) is 10.5 Å². The number of halogens is 2. The maximum Gasteiger partial charge on any atom is 0.387 e. The Labute approximate surface area is 121 Å². The molecule has 0 aromatic heterocycles. The zero-order chi connectivity index (χ0) is 15.4. The van der Waals surface area contributed by atoms with Gasteiger partial charge in [0.15, 0.2) is 0 Å². The zero-order valence-corrected chi connectivity index (χ0v) is 11.7. The average Bonchev–Trinajstić information content (AvgIpc) is 2.45. The van der Waals surface area contributed by atoms with Crippen LogP contribution in [0.25, 0.3) is 0 Å². The van der Waals surface area contributed by atoms with E-state index >= 15 is 0 Å². The van der Waals surface area contributed by atoms with Gasteiger partial charge in [-0.3, -0.25) is 4.79 Å². The third-order valence-corrected chi connectivity index (χ3v) is 3.21. The number of nitrogens with two attached hydrogens (primary N) is 1. The molecular formula is C14H18F2N2O3. The number of rotatable bonds is 4. The molecule has 1 aromatic carbocycles. The number of carbonyl (C=O) groups is 1. The Morgan fingerprint density at radius 2 is 2.19 bits per heavy atom. The van der Waals surface area contributed by atoms with Crippen LogP contribution in [0.5, 0.6) is 5.75 Å². The molecule has 1 aromatic rings. The second-order valence-corrected chi connectivity index (χ2v) is 4.89. The quantitative estimate of drug-likeness (QED) is 0.914. The van der Waals surface area contributed by atoms with Gasteiger partial charge in [0.25, 0.3) is 5.91 Å². The number of nitrogens with zero attached hydrogens (tertiary/aromatic N) is 1. The minimum Gasteiger partial charge on any atom is -0.434 e. The number of alkyl halides is 2. The van der Waals surface area contributed by atoms with Gasteiger partial charge in [-0.1, -0.05) is 12.1 Å². The number of hydrogen-bond acceptors (Lipinski definition) is 4. The van der Waals surface area contributed by atoms with Crippen molar-refractivity contribution >= 4 is 5.91 Å². The highest BCUT2D eigenvalue weighted by Gasteiger charge is 2.29. The smallest absolute Gasteiger partial charge is 0.387 e. The van der Waals surface area contributed by atoms with Gasteiger partial charge in [0.1, 0.15) is 5.75 Å². The van der Waals surface area contributed by atoms with Crippen molar-refractivity contribution in [2.24, 2.45) is 5.73 Å². The summed E-state index contributed by atoms with van der Waals surface area (Å²) in [5.41, 5.74) is 5.69. The van der Waals surface area contributed by atoms with Crippen LogP contribution in [0.1, 0.15) is 17.3 Å². The Bertz CT molecular complexity index is 499. The van der Waals surface area contributed by atoms with Crippen molar-refractivity contribution in [1.82, 2.24) is 4.90 Å². The summed E-state index contributed by atoms with van der Waals surface area (Å²) >= 11 is 0. The topological polar surface area (TPSA) is 64.8 Å². The maximum atomic E-state index is 12.5. The second-order valence-electron chi connectivity index (χ2n) is 4.89. The fourth-order valence-corrected chi connectivity index (χ4v) is 2.35. The second kappa shape index (κ2) is 6.82. The molecule has 5 nitrogen and oxygen atoms in total. The molecule has 0 radical (unpaired) electrons. The largest absolute Gasteiger partial charge is 0.434 e. The van der Waals surface area contributed by atoms with E-state index in [1.165, 1.54) is 12.1 Å². The molecule has 1 amide bonds. The lowest BCUT2D eigenvalue weighted by Crippen LogP contribution is -2.51. The molecule has 21 heavy (non-hydrogen) atoms. The van der Waals surface area contributed by atoms with Crippen molar-refractivity contribution in [2.75, 3.05) is 19.6 Å². The molecule has 0 spiro atoms. The highest BCUT2D eigenvalue weighted by atomic mass is 19.3. The average molecular weight is 300 g/mol. The number of morpholine rings is 1. The van der Waals surface area contributed by atoms with E-state index in [-0.39, 0.29) is 29.4 Å². The molecule has 1 aliphatic heterocycles. The minimum atomic E-state index is -2.97. The predicted molar refractivity (Wildman–Crippen MR) is 72.4 cm³/mol. The Kier molecular flexibility index (Phi) is 5.08. The minimum absolute atomic E-state index is 0.114. The first-order chi connectivity index (χ1) is 10.0. The lowest BCUT2D eigenvalue weighted by atomic mass is 10.1. The molecule has 1 fully saturated rings. The van der Waals surface area contributed by atoms with Crippen molar-refractivity contribution in [3.8, 4) is 5.75 Å². The standard InChI is InChI=1S/C14H18F2N2O3/c1-9-7-18(8-10(6-17)20-9)13(19)11-4-2-3-5-12(11)21-14(15)16/h2-5,9-10,14H,6-8,17H2,1H3. The Balaban J connectivity index is 2.19. The molecule has 2 N–H and O–H groups in total. The summed E-state index contributed by atoms with van der Waals surface area (Å²) in [6.07, 6.45) is -0.402. The molecule has 2 rings (SSSR count). The highest BCUT2D eigenvalue weighted by Crippen LogP contribution is 2.23. The van der Waals surface area contributed by atoms with Gasteiger partial charge in [-0.2, -0.15) is 8.78 Å². The van der Waals surface area contributed by atoms with Crippen LogP contribution in [0.4, 0.5) is 8.78 Å². The predicted octanol–water partition coefficient (Wildman–Crippen LogP) is 1.48. The Hall–Kier alpha value is -1.73. The van der Waals surface area contributed by atoms with Crippen molar-refractivity contribution in [1.29, 1.82) is 0 Å². The van der Waals surface area contributed by atoms with Crippen molar-refractivity contribution in [3.05, 3.63) is 29.8 Å². The first-order valence-corrected chi connectivity index (χ1v) is 6.70. The first kappa shape index (κ1) is 15.7. The fourth-order valence-electron chi connectivity index (χ4n) is 2.35. The van der Waals surface area contributed by atoms with Crippen LogP contribution in [0.3, 0.4) is 0 Å². The lowest BCUT2D eigenvalue weighted by Gasteiger charge is -2.36. The van der Waals surface area contributed by atoms with E-state index in [1.54, 1.807) is 17.0 Å². The summed E-state index contributed by atoms with van der Waals surface area (Å²) in [5.74, 6) is -0.485. The molecule has 116 valence electrons. The molecule has 1 saturated heterocycles. The lowest BCUT2D eigenvalue weighted by molar-refractivity contribution is -0.0637. The SMILES string of the molecule is CC1CN(C(=O)c2ccccc2OC(F)F)CC(CN)O1. The van der Waals surface area contributed by atoms with Gasteiger partial charge in [0, 0.05) is 19.6 Å². The molecule has 2 unspecified atom stereocenters. The van der Waals surface area contributed by atoms with E-state index in [1.807, 2.05) is 6.92 Å². The van der Waals surface area contributed by atoms with Crippen LogP contribution < -0.4 is 10.5 Å². The molecule has 0 aliphatic carbocycles. The zero-order valence-electron chi connectivity index (χ0n) is 11.7. The summed E-state index contributed by atoms with van der Waals surface area (Å²) in [4.78, 5) is 14.1. The maximum absolute atomic E-state index is 12.5. The van der Waals surface area contributed by atoms with Gasteiger partial charge in [-0.25, -0.2) is 0 Å². The van der Waals surface area contributed by atoms with E-state index in [0.717, 1.165) is 0 Å². The van der Waals surface area contributed by atoms with Crippen LogP contribution in [0.15, 0.2) is 24.3 Å². The summed E-state index contributed by atoms with van der Waals surface area (Å²) in [5, 5.41) is 0. The molecule has 1 heterocycles. The van der Waals surface area contributed by atoms with Crippen molar-refractivity contribution in [3.63, 3.8) is 0 Å². The van der Waals surface area contributed by atoms with Gasteiger partial charge in [0.05, 0.1) is 17.8 Å². The summed E-state index contributed by atoms with van der Waals surface area (Å²) in [7, 11) is 0. The molecule has 7 heteroatoms. The number of para-hydroxylation sites is 1. The van der Waals surface area contributed by atoms with Crippen LogP contribution in [0, 0.1) is 0 Å². The normalized spacial score (nSPS) is 22.4. The van der Waals surface area contributed by atoms with E-state index < -0.39 is 6.61 Å². The van der Waals surface area contributed by atoms with Gasteiger partial charge < -0.3 is 20.1 Å². The monoisotopic (exact) mass is 300 g/mol. The Morgan fingerprint density at radius 3 is 2.86 bits per heavy atom. The summed E-state index contributed by atoms with van der Waals surface area (Å²) in [6.45, 7) is -0.118.